The van der Waals surface area contributed by atoms with Crippen LogP contribution in [0.15, 0.2) is 34.3 Å². The summed E-state index contributed by atoms with van der Waals surface area (Å²) >= 11 is 1.75. The van der Waals surface area contributed by atoms with Crippen molar-refractivity contribution in [3.8, 4) is 0 Å². The lowest BCUT2D eigenvalue weighted by Crippen LogP contribution is -1.89. The van der Waals surface area contributed by atoms with Gasteiger partial charge < -0.3 is 0 Å². The number of thioether (sulfide) groups is 1. The Morgan fingerprint density at radius 2 is 2.33 bits per heavy atom. The van der Waals surface area contributed by atoms with Crippen molar-refractivity contribution >= 4 is 11.8 Å². The predicted octanol–water partition coefficient (Wildman–Crippen LogP) is 3.14. The van der Waals surface area contributed by atoms with Gasteiger partial charge in [-0.25, -0.2) is 0 Å². The van der Waals surface area contributed by atoms with Crippen LogP contribution in [0.2, 0.25) is 0 Å². The molecule has 0 fully saturated rings. The zero-order valence-electron chi connectivity index (χ0n) is 6.34. The van der Waals surface area contributed by atoms with E-state index in [0.29, 0.717) is 0 Å². The van der Waals surface area contributed by atoms with Crippen molar-refractivity contribution in [1.82, 2.24) is 0 Å². The molecular formula is C8H7N3S. The van der Waals surface area contributed by atoms with Crippen molar-refractivity contribution < 1.29 is 0 Å². The van der Waals surface area contributed by atoms with Crippen molar-refractivity contribution in [3.63, 3.8) is 0 Å². The topological polar surface area (TPSA) is 48.8 Å². The molecule has 0 saturated heterocycles. The highest BCUT2D eigenvalue weighted by Gasteiger charge is 2.20. The molecule has 60 valence electrons. The molecule has 1 aromatic carbocycles. The summed E-state index contributed by atoms with van der Waals surface area (Å²) in [4.78, 5) is 4.07. The minimum atomic E-state index is 0.0381. The summed E-state index contributed by atoms with van der Waals surface area (Å²) in [6.07, 6.45) is 0. The first kappa shape index (κ1) is 7.53. The number of hydrogen-bond acceptors (Lipinski definition) is 2. The molecule has 0 aliphatic carbocycles. The van der Waals surface area contributed by atoms with Crippen molar-refractivity contribution in [2.45, 2.75) is 10.9 Å². The SMILES string of the molecule is [N-]=[N+]=N[C@@H]1CSc2ccccc21. The predicted molar refractivity (Wildman–Crippen MR) is 49.1 cm³/mol. The van der Waals surface area contributed by atoms with Crippen molar-refractivity contribution in [2.75, 3.05) is 5.75 Å². The van der Waals surface area contributed by atoms with E-state index in [1.54, 1.807) is 11.8 Å². The molecule has 0 saturated carbocycles. The Hall–Kier alpha value is -1.12. The van der Waals surface area contributed by atoms with Gasteiger partial charge in [-0.1, -0.05) is 23.3 Å². The zero-order chi connectivity index (χ0) is 8.39. The van der Waals surface area contributed by atoms with Gasteiger partial charge in [0.05, 0.1) is 6.04 Å². The summed E-state index contributed by atoms with van der Waals surface area (Å²) in [6.45, 7) is 0. The Morgan fingerprint density at radius 1 is 1.50 bits per heavy atom. The fourth-order valence-electron chi connectivity index (χ4n) is 1.30. The van der Waals surface area contributed by atoms with Gasteiger partial charge in [-0.2, -0.15) is 0 Å². The minimum absolute atomic E-state index is 0.0381. The van der Waals surface area contributed by atoms with Crippen LogP contribution in [0.1, 0.15) is 11.6 Å². The van der Waals surface area contributed by atoms with E-state index >= 15 is 0 Å². The largest absolute Gasteiger partial charge is 0.125 e. The molecule has 0 unspecified atom stereocenters. The Morgan fingerprint density at radius 3 is 3.17 bits per heavy atom. The lowest BCUT2D eigenvalue weighted by molar-refractivity contribution is 0.823. The molecule has 0 spiro atoms. The molecule has 1 atom stereocenters. The summed E-state index contributed by atoms with van der Waals surface area (Å²) < 4.78 is 0. The van der Waals surface area contributed by atoms with E-state index < -0.39 is 0 Å². The molecule has 0 radical (unpaired) electrons. The van der Waals surface area contributed by atoms with Crippen molar-refractivity contribution in [1.29, 1.82) is 0 Å². The van der Waals surface area contributed by atoms with E-state index in [4.69, 9.17) is 5.53 Å². The molecule has 1 heterocycles. The van der Waals surface area contributed by atoms with Gasteiger partial charge in [0.1, 0.15) is 0 Å². The molecule has 12 heavy (non-hydrogen) atoms. The third-order valence-electron chi connectivity index (χ3n) is 1.87. The number of fused-ring (bicyclic) bond motifs is 1. The van der Waals surface area contributed by atoms with Crippen LogP contribution in [0.5, 0.6) is 0 Å². The highest BCUT2D eigenvalue weighted by Crippen LogP contribution is 2.39. The van der Waals surface area contributed by atoms with Crippen LogP contribution in [0.4, 0.5) is 0 Å². The first-order valence-corrected chi connectivity index (χ1v) is 4.66. The molecule has 0 amide bonds. The maximum Gasteiger partial charge on any atom is 0.0730 e. The Kier molecular flexibility index (Phi) is 1.94. The summed E-state index contributed by atoms with van der Waals surface area (Å²) in [5.74, 6) is 0.878. The molecule has 1 aliphatic rings. The lowest BCUT2D eigenvalue weighted by atomic mass is 10.1. The quantitative estimate of drug-likeness (QED) is 0.369. The first-order chi connectivity index (χ1) is 5.92. The van der Waals surface area contributed by atoms with Gasteiger partial charge in [0.25, 0.3) is 0 Å². The number of hydrogen-bond donors (Lipinski definition) is 0. The van der Waals surface area contributed by atoms with Crippen LogP contribution in [-0.2, 0) is 0 Å². The first-order valence-electron chi connectivity index (χ1n) is 3.68. The number of rotatable bonds is 1. The van der Waals surface area contributed by atoms with E-state index in [2.05, 4.69) is 16.1 Å². The molecule has 0 aromatic heterocycles. The smallest absolute Gasteiger partial charge is 0.0730 e. The molecule has 1 aromatic rings. The summed E-state index contributed by atoms with van der Waals surface area (Å²) in [6, 6.07) is 8.10. The third kappa shape index (κ3) is 1.15. The van der Waals surface area contributed by atoms with Gasteiger partial charge in [-0.15, -0.1) is 11.8 Å². The highest BCUT2D eigenvalue weighted by atomic mass is 32.2. The normalized spacial score (nSPS) is 19.8. The maximum absolute atomic E-state index is 8.30. The van der Waals surface area contributed by atoms with Gasteiger partial charge in [-0.3, -0.25) is 0 Å². The van der Waals surface area contributed by atoms with E-state index in [0.717, 1.165) is 5.75 Å². The summed E-state index contributed by atoms with van der Waals surface area (Å²) in [5.41, 5.74) is 9.47. The van der Waals surface area contributed by atoms with Gasteiger partial charge >= 0.3 is 0 Å². The molecule has 0 bridgehead atoms. The van der Waals surface area contributed by atoms with Crippen LogP contribution >= 0.6 is 11.8 Å². The molecule has 0 N–H and O–H groups in total. The number of benzene rings is 1. The van der Waals surface area contributed by atoms with Crippen LogP contribution in [-0.4, -0.2) is 5.75 Å². The Labute approximate surface area is 74.4 Å². The van der Waals surface area contributed by atoms with Crippen molar-refractivity contribution in [3.05, 3.63) is 40.3 Å². The van der Waals surface area contributed by atoms with E-state index in [-0.39, 0.29) is 6.04 Å². The average molecular weight is 177 g/mol. The number of nitrogens with zero attached hydrogens (tertiary/aromatic N) is 3. The molecule has 1 aliphatic heterocycles. The maximum atomic E-state index is 8.30. The van der Waals surface area contributed by atoms with E-state index in [1.807, 2.05) is 18.2 Å². The second kappa shape index (κ2) is 3.09. The molecule has 4 heteroatoms. The minimum Gasteiger partial charge on any atom is -0.125 e. The highest BCUT2D eigenvalue weighted by molar-refractivity contribution is 7.99. The van der Waals surface area contributed by atoms with Gasteiger partial charge in [-0.05, 0) is 17.2 Å². The number of azide groups is 1. The molecular weight excluding hydrogens is 170 g/mol. The average Bonchev–Trinajstić information content (AvgIpc) is 2.50. The zero-order valence-corrected chi connectivity index (χ0v) is 7.16. The van der Waals surface area contributed by atoms with Crippen LogP contribution in [0, 0.1) is 0 Å². The van der Waals surface area contributed by atoms with Crippen LogP contribution < -0.4 is 0 Å². The Bertz CT molecular complexity index is 344. The van der Waals surface area contributed by atoms with Gasteiger partial charge in [0.15, 0.2) is 0 Å². The standard InChI is InChI=1S/C8H7N3S/c9-11-10-7-5-12-8-4-2-1-3-6(7)8/h1-4,7H,5H2/t7-/m1/s1. The van der Waals surface area contributed by atoms with E-state index in [9.17, 15) is 0 Å². The third-order valence-corrected chi connectivity index (χ3v) is 3.03. The monoisotopic (exact) mass is 177 g/mol. The Balaban J connectivity index is 2.42. The summed E-state index contributed by atoms with van der Waals surface area (Å²) in [5, 5.41) is 3.72. The lowest BCUT2D eigenvalue weighted by Gasteiger charge is -2.00. The van der Waals surface area contributed by atoms with Gasteiger partial charge in [0.2, 0.25) is 0 Å². The van der Waals surface area contributed by atoms with Crippen LogP contribution in [0.3, 0.4) is 0 Å². The second-order valence-electron chi connectivity index (χ2n) is 2.57. The molecule has 3 nitrogen and oxygen atoms in total. The van der Waals surface area contributed by atoms with Crippen LogP contribution in [0.25, 0.3) is 10.4 Å². The molecule has 2 rings (SSSR count). The fourth-order valence-corrected chi connectivity index (χ4v) is 2.43. The fraction of sp³-hybridized carbons (Fsp3) is 0.250. The van der Waals surface area contributed by atoms with Crippen molar-refractivity contribution in [2.24, 2.45) is 5.11 Å². The second-order valence-corrected chi connectivity index (χ2v) is 3.63. The summed E-state index contributed by atoms with van der Waals surface area (Å²) in [7, 11) is 0. The van der Waals surface area contributed by atoms with Gasteiger partial charge in [0, 0.05) is 15.6 Å². The van der Waals surface area contributed by atoms with E-state index in [1.165, 1.54) is 10.5 Å².